The minimum absolute atomic E-state index is 0.210. The molecule has 0 aliphatic heterocycles. The molecule has 0 unspecified atom stereocenters. The zero-order valence-corrected chi connectivity index (χ0v) is 17.6. The van der Waals surface area contributed by atoms with Crippen LogP contribution in [0, 0.1) is 0 Å². The van der Waals surface area contributed by atoms with Gasteiger partial charge in [-0.15, -0.1) is 11.3 Å². The second kappa shape index (κ2) is 7.98. The molecule has 0 fully saturated rings. The van der Waals surface area contributed by atoms with Gasteiger partial charge in [0.05, 0.1) is 21.3 Å². The summed E-state index contributed by atoms with van der Waals surface area (Å²) in [5, 5.41) is 2.46. The summed E-state index contributed by atoms with van der Waals surface area (Å²) < 4.78 is 28.2. The standard InChI is InChI=1S/C19H20ClN3O2S2/c1-4-23-18(13-26-19(23)21-14-8-6-5-7-9-14)16-12-15(10-11-17(16)20)27(24,25)22(2)3/h5-13H,4H2,1-3H3/b21-19+. The molecule has 0 amide bonds. The second-order valence-corrected chi connectivity index (χ2v) is 9.42. The van der Waals surface area contributed by atoms with Gasteiger partial charge in [0.1, 0.15) is 0 Å². The number of nitrogens with zero attached hydrogens (tertiary/aromatic N) is 3. The van der Waals surface area contributed by atoms with E-state index >= 15 is 0 Å². The van der Waals surface area contributed by atoms with Gasteiger partial charge < -0.3 is 4.57 Å². The lowest BCUT2D eigenvalue weighted by molar-refractivity contribution is 0.521. The van der Waals surface area contributed by atoms with Crippen LogP contribution in [0.4, 0.5) is 5.69 Å². The van der Waals surface area contributed by atoms with Crippen molar-refractivity contribution in [1.82, 2.24) is 8.87 Å². The molecule has 1 heterocycles. The van der Waals surface area contributed by atoms with Crippen LogP contribution >= 0.6 is 22.9 Å². The van der Waals surface area contributed by atoms with Crippen molar-refractivity contribution >= 4 is 38.6 Å². The summed E-state index contributed by atoms with van der Waals surface area (Å²) in [4.78, 5) is 5.74. The molecule has 0 saturated heterocycles. The lowest BCUT2D eigenvalue weighted by Crippen LogP contribution is -2.22. The molecule has 2 aromatic carbocycles. The first-order chi connectivity index (χ1) is 12.8. The molecule has 0 aliphatic rings. The molecule has 142 valence electrons. The summed E-state index contributed by atoms with van der Waals surface area (Å²) in [6.45, 7) is 2.71. The molecule has 0 bridgehead atoms. The Hall–Kier alpha value is -1.93. The Morgan fingerprint density at radius 1 is 1.15 bits per heavy atom. The van der Waals surface area contributed by atoms with Crippen LogP contribution < -0.4 is 4.80 Å². The van der Waals surface area contributed by atoms with Crippen LogP contribution in [0.3, 0.4) is 0 Å². The maximum Gasteiger partial charge on any atom is 0.242 e. The van der Waals surface area contributed by atoms with Gasteiger partial charge in [0.2, 0.25) is 10.0 Å². The number of rotatable bonds is 5. The highest BCUT2D eigenvalue weighted by Gasteiger charge is 2.20. The number of thiazole rings is 1. The minimum atomic E-state index is -3.54. The Labute approximate surface area is 168 Å². The van der Waals surface area contributed by atoms with E-state index in [2.05, 4.69) is 0 Å². The Balaban J connectivity index is 2.17. The van der Waals surface area contributed by atoms with Crippen molar-refractivity contribution < 1.29 is 8.42 Å². The molecule has 3 aromatic rings. The zero-order valence-electron chi connectivity index (χ0n) is 15.3. The lowest BCUT2D eigenvalue weighted by Gasteiger charge is -2.14. The molecule has 5 nitrogen and oxygen atoms in total. The minimum Gasteiger partial charge on any atom is -0.317 e. The average Bonchev–Trinajstić information content (AvgIpc) is 3.05. The summed E-state index contributed by atoms with van der Waals surface area (Å²) in [5.41, 5.74) is 2.38. The van der Waals surface area contributed by atoms with Crippen molar-refractivity contribution in [2.75, 3.05) is 14.1 Å². The number of aromatic nitrogens is 1. The van der Waals surface area contributed by atoms with Gasteiger partial charge >= 0.3 is 0 Å². The van der Waals surface area contributed by atoms with Gasteiger partial charge in [-0.2, -0.15) is 0 Å². The van der Waals surface area contributed by atoms with E-state index in [1.54, 1.807) is 12.1 Å². The van der Waals surface area contributed by atoms with Crippen LogP contribution in [-0.2, 0) is 16.6 Å². The summed E-state index contributed by atoms with van der Waals surface area (Å²) in [5.74, 6) is 0. The molecular weight excluding hydrogens is 402 g/mol. The number of hydrogen-bond donors (Lipinski definition) is 0. The van der Waals surface area contributed by atoms with Crippen molar-refractivity contribution in [2.45, 2.75) is 18.4 Å². The number of hydrogen-bond acceptors (Lipinski definition) is 4. The quantitative estimate of drug-likeness (QED) is 0.614. The number of benzene rings is 2. The van der Waals surface area contributed by atoms with Gasteiger partial charge in [-0.3, -0.25) is 0 Å². The first-order valence-corrected chi connectivity index (χ1v) is 11.0. The Bertz CT molecular complexity index is 1120. The normalized spacial score (nSPS) is 12.7. The molecular formula is C19H20ClN3O2S2. The topological polar surface area (TPSA) is 54.7 Å². The molecule has 0 atom stereocenters. The molecule has 0 saturated carbocycles. The van der Waals surface area contributed by atoms with E-state index in [1.165, 1.54) is 35.8 Å². The van der Waals surface area contributed by atoms with Crippen LogP contribution in [0.15, 0.2) is 63.8 Å². The van der Waals surface area contributed by atoms with Crippen molar-refractivity contribution in [3.8, 4) is 11.3 Å². The van der Waals surface area contributed by atoms with Crippen molar-refractivity contribution in [3.05, 3.63) is 63.7 Å². The van der Waals surface area contributed by atoms with Crippen molar-refractivity contribution in [3.63, 3.8) is 0 Å². The summed E-state index contributed by atoms with van der Waals surface area (Å²) in [7, 11) is -0.518. The molecule has 0 aliphatic carbocycles. The average molecular weight is 422 g/mol. The van der Waals surface area contributed by atoms with Crippen LogP contribution in [-0.4, -0.2) is 31.4 Å². The molecule has 8 heteroatoms. The third-order valence-electron chi connectivity index (χ3n) is 4.09. The predicted molar refractivity (Wildman–Crippen MR) is 111 cm³/mol. The van der Waals surface area contributed by atoms with Crippen LogP contribution in [0.1, 0.15) is 6.92 Å². The largest absolute Gasteiger partial charge is 0.317 e. The Kier molecular flexibility index (Phi) is 5.86. The fraction of sp³-hybridized carbons (Fsp3) is 0.211. The highest BCUT2D eigenvalue weighted by Crippen LogP contribution is 2.31. The van der Waals surface area contributed by atoms with E-state index < -0.39 is 10.0 Å². The fourth-order valence-electron chi connectivity index (χ4n) is 2.62. The van der Waals surface area contributed by atoms with Crippen LogP contribution in [0.2, 0.25) is 5.02 Å². The van der Waals surface area contributed by atoms with E-state index in [1.807, 2.05) is 47.2 Å². The molecule has 0 N–H and O–H groups in total. The van der Waals surface area contributed by atoms with Crippen molar-refractivity contribution in [2.24, 2.45) is 4.99 Å². The van der Waals surface area contributed by atoms with Gasteiger partial charge in [0, 0.05) is 31.6 Å². The van der Waals surface area contributed by atoms with E-state index in [-0.39, 0.29) is 4.90 Å². The predicted octanol–water partition coefficient (Wildman–Crippen LogP) is 4.37. The summed E-state index contributed by atoms with van der Waals surface area (Å²) >= 11 is 7.91. The molecule has 0 radical (unpaired) electrons. The van der Waals surface area contributed by atoms with Gasteiger partial charge in [-0.25, -0.2) is 17.7 Å². The number of sulfonamides is 1. The monoisotopic (exact) mass is 421 g/mol. The SMILES string of the molecule is CCn1c(-c2cc(S(=O)(=O)N(C)C)ccc2Cl)cs/c1=N/c1ccccc1. The zero-order chi connectivity index (χ0) is 19.6. The van der Waals surface area contributed by atoms with Gasteiger partial charge in [-0.05, 0) is 37.3 Å². The third kappa shape index (κ3) is 4.01. The van der Waals surface area contributed by atoms with Crippen LogP contribution in [0.5, 0.6) is 0 Å². The van der Waals surface area contributed by atoms with Crippen LogP contribution in [0.25, 0.3) is 11.3 Å². The van der Waals surface area contributed by atoms with Gasteiger partial charge in [0.15, 0.2) is 4.80 Å². The lowest BCUT2D eigenvalue weighted by atomic mass is 10.1. The van der Waals surface area contributed by atoms with Crippen molar-refractivity contribution in [1.29, 1.82) is 0 Å². The highest BCUT2D eigenvalue weighted by molar-refractivity contribution is 7.89. The Morgan fingerprint density at radius 2 is 1.85 bits per heavy atom. The van der Waals surface area contributed by atoms with E-state index in [9.17, 15) is 8.42 Å². The molecule has 27 heavy (non-hydrogen) atoms. The maximum atomic E-state index is 12.5. The molecule has 3 rings (SSSR count). The first-order valence-electron chi connectivity index (χ1n) is 8.35. The number of para-hydroxylation sites is 1. The third-order valence-corrected chi connectivity index (χ3v) is 7.09. The number of halogens is 1. The summed E-state index contributed by atoms with van der Waals surface area (Å²) in [6.07, 6.45) is 0. The second-order valence-electron chi connectivity index (χ2n) is 6.02. The fourth-order valence-corrected chi connectivity index (χ4v) is 4.75. The van der Waals surface area contributed by atoms with E-state index in [0.29, 0.717) is 17.1 Å². The van der Waals surface area contributed by atoms with Gasteiger partial charge in [-0.1, -0.05) is 29.8 Å². The van der Waals surface area contributed by atoms with E-state index in [0.717, 1.165) is 16.2 Å². The molecule has 1 aromatic heterocycles. The summed E-state index contributed by atoms with van der Waals surface area (Å²) in [6, 6.07) is 14.5. The Morgan fingerprint density at radius 3 is 2.48 bits per heavy atom. The van der Waals surface area contributed by atoms with E-state index in [4.69, 9.17) is 16.6 Å². The molecule has 0 spiro atoms. The highest BCUT2D eigenvalue weighted by atomic mass is 35.5. The first kappa shape index (κ1) is 19.8. The van der Waals surface area contributed by atoms with Gasteiger partial charge in [0.25, 0.3) is 0 Å². The maximum absolute atomic E-state index is 12.5. The smallest absolute Gasteiger partial charge is 0.242 e.